The number of methoxy groups -OCH3 is 1. The number of carbonyl (C=O) groups excluding carboxylic acids is 1. The number of benzene rings is 1. The first kappa shape index (κ1) is 20.9. The SMILES string of the molecule is COc1ccc(-c2noc([C@@H](C)NC(=O)c3cccnc3)c2C(=O)O)cc1.Cl. The molecule has 2 heterocycles. The van der Waals surface area contributed by atoms with Gasteiger partial charge in [-0.3, -0.25) is 9.78 Å². The van der Waals surface area contributed by atoms with Crippen molar-refractivity contribution in [2.24, 2.45) is 0 Å². The van der Waals surface area contributed by atoms with E-state index in [0.717, 1.165) is 0 Å². The van der Waals surface area contributed by atoms with Gasteiger partial charge in [0.2, 0.25) is 0 Å². The van der Waals surface area contributed by atoms with E-state index in [0.29, 0.717) is 16.9 Å². The van der Waals surface area contributed by atoms with Crippen LogP contribution in [0.2, 0.25) is 0 Å². The number of nitrogens with one attached hydrogen (secondary N) is 1. The number of hydrogen-bond donors (Lipinski definition) is 2. The number of halogens is 1. The Balaban J connectivity index is 0.00000280. The molecule has 2 N–H and O–H groups in total. The van der Waals surface area contributed by atoms with Crippen LogP contribution in [0.4, 0.5) is 0 Å². The third-order valence-corrected chi connectivity index (χ3v) is 3.96. The van der Waals surface area contributed by atoms with E-state index in [-0.39, 0.29) is 29.4 Å². The summed E-state index contributed by atoms with van der Waals surface area (Å²) >= 11 is 0. The van der Waals surface area contributed by atoms with E-state index >= 15 is 0 Å². The van der Waals surface area contributed by atoms with Gasteiger partial charge in [-0.1, -0.05) is 5.16 Å². The lowest BCUT2D eigenvalue weighted by molar-refractivity contribution is 0.0692. The fourth-order valence-electron chi connectivity index (χ4n) is 2.59. The van der Waals surface area contributed by atoms with Gasteiger partial charge in [-0.25, -0.2) is 4.79 Å². The summed E-state index contributed by atoms with van der Waals surface area (Å²) in [5.74, 6) is -0.893. The molecule has 9 heteroatoms. The highest BCUT2D eigenvalue weighted by Gasteiger charge is 2.28. The summed E-state index contributed by atoms with van der Waals surface area (Å²) in [6.07, 6.45) is 2.98. The van der Waals surface area contributed by atoms with Crippen LogP contribution in [0.15, 0.2) is 53.3 Å². The Kier molecular flexibility index (Phi) is 6.73. The van der Waals surface area contributed by atoms with Crippen LogP contribution in [0.25, 0.3) is 11.3 Å². The molecule has 2 aromatic heterocycles. The summed E-state index contributed by atoms with van der Waals surface area (Å²) in [4.78, 5) is 28.0. The smallest absolute Gasteiger partial charge is 0.341 e. The van der Waals surface area contributed by atoms with Crippen molar-refractivity contribution in [2.45, 2.75) is 13.0 Å². The summed E-state index contributed by atoms with van der Waals surface area (Å²) in [7, 11) is 1.54. The monoisotopic (exact) mass is 403 g/mol. The van der Waals surface area contributed by atoms with E-state index in [4.69, 9.17) is 9.26 Å². The predicted octanol–water partition coefficient (Wildman–Crippen LogP) is 3.36. The number of carboxylic acid groups (broad SMARTS) is 1. The second-order valence-corrected chi connectivity index (χ2v) is 5.74. The number of ether oxygens (including phenoxy) is 1. The molecular weight excluding hydrogens is 386 g/mol. The maximum absolute atomic E-state index is 12.3. The molecule has 3 aromatic rings. The zero-order chi connectivity index (χ0) is 19.4. The molecule has 1 aromatic carbocycles. The van der Waals surface area contributed by atoms with Crippen molar-refractivity contribution in [1.82, 2.24) is 15.5 Å². The highest BCUT2D eigenvalue weighted by atomic mass is 35.5. The summed E-state index contributed by atoms with van der Waals surface area (Å²) in [5, 5.41) is 16.2. The van der Waals surface area contributed by atoms with Gasteiger partial charge in [-0.05, 0) is 43.3 Å². The molecule has 0 radical (unpaired) electrons. The number of amides is 1. The lowest BCUT2D eigenvalue weighted by atomic mass is 10.0. The molecule has 8 nitrogen and oxygen atoms in total. The van der Waals surface area contributed by atoms with Gasteiger partial charge in [0.25, 0.3) is 5.91 Å². The Morgan fingerprint density at radius 1 is 1.21 bits per heavy atom. The molecule has 0 aliphatic heterocycles. The van der Waals surface area contributed by atoms with Crippen molar-refractivity contribution in [1.29, 1.82) is 0 Å². The van der Waals surface area contributed by atoms with Crippen LogP contribution in [-0.2, 0) is 0 Å². The maximum Gasteiger partial charge on any atom is 0.341 e. The van der Waals surface area contributed by atoms with E-state index in [9.17, 15) is 14.7 Å². The standard InChI is InChI=1S/C19H17N3O5.ClH/c1-11(21-18(23)13-4-3-9-20-10-13)17-15(19(24)25)16(22-27-17)12-5-7-14(26-2)8-6-12;/h3-11H,1-2H3,(H,21,23)(H,24,25);1H/t11-;/m1./s1. The Bertz CT molecular complexity index is 957. The molecular formula is C19H18ClN3O5. The summed E-state index contributed by atoms with van der Waals surface area (Å²) in [6.45, 7) is 1.62. The lowest BCUT2D eigenvalue weighted by Crippen LogP contribution is -2.27. The van der Waals surface area contributed by atoms with Crippen LogP contribution in [0.3, 0.4) is 0 Å². The molecule has 146 valence electrons. The van der Waals surface area contributed by atoms with E-state index in [1.807, 2.05) is 0 Å². The number of nitrogens with zero attached hydrogens (tertiary/aromatic N) is 2. The van der Waals surface area contributed by atoms with E-state index < -0.39 is 17.9 Å². The maximum atomic E-state index is 12.3. The molecule has 1 atom stereocenters. The van der Waals surface area contributed by atoms with Gasteiger partial charge in [0.15, 0.2) is 5.76 Å². The van der Waals surface area contributed by atoms with Crippen LogP contribution < -0.4 is 10.1 Å². The Morgan fingerprint density at radius 2 is 1.93 bits per heavy atom. The highest BCUT2D eigenvalue weighted by molar-refractivity contribution is 5.97. The van der Waals surface area contributed by atoms with Crippen molar-refractivity contribution >= 4 is 24.3 Å². The number of aromatic nitrogens is 2. The molecule has 0 bridgehead atoms. The summed E-state index contributed by atoms with van der Waals surface area (Å²) in [6, 6.07) is 9.31. The van der Waals surface area contributed by atoms with Gasteiger partial charge in [-0.2, -0.15) is 0 Å². The second kappa shape index (κ2) is 9.01. The third kappa shape index (κ3) is 4.29. The number of rotatable bonds is 6. The van der Waals surface area contributed by atoms with E-state index in [1.165, 1.54) is 6.20 Å². The molecule has 0 saturated carbocycles. The molecule has 0 saturated heterocycles. The molecule has 28 heavy (non-hydrogen) atoms. The van der Waals surface area contributed by atoms with Crippen molar-refractivity contribution in [3.63, 3.8) is 0 Å². The quantitative estimate of drug-likeness (QED) is 0.648. The second-order valence-electron chi connectivity index (χ2n) is 5.74. The van der Waals surface area contributed by atoms with Crippen molar-refractivity contribution in [3.8, 4) is 17.0 Å². The Labute approximate surface area is 166 Å². The minimum absolute atomic E-state index is 0. The largest absolute Gasteiger partial charge is 0.497 e. The van der Waals surface area contributed by atoms with Crippen LogP contribution >= 0.6 is 12.4 Å². The number of pyridine rings is 1. The zero-order valence-corrected chi connectivity index (χ0v) is 15.9. The molecule has 0 aliphatic rings. The molecule has 1 amide bonds. The average Bonchev–Trinajstić information content (AvgIpc) is 3.14. The number of aromatic carboxylic acids is 1. The lowest BCUT2D eigenvalue weighted by Gasteiger charge is -2.11. The summed E-state index contributed by atoms with van der Waals surface area (Å²) in [5.41, 5.74) is 1.01. The van der Waals surface area contributed by atoms with Crippen molar-refractivity contribution in [3.05, 3.63) is 65.7 Å². The predicted molar refractivity (Wildman–Crippen MR) is 103 cm³/mol. The Morgan fingerprint density at radius 3 is 2.50 bits per heavy atom. The fourth-order valence-corrected chi connectivity index (χ4v) is 2.59. The van der Waals surface area contributed by atoms with Crippen LogP contribution in [-0.4, -0.2) is 34.2 Å². The molecule has 0 spiro atoms. The minimum Gasteiger partial charge on any atom is -0.497 e. The first-order valence-corrected chi connectivity index (χ1v) is 8.09. The van der Waals surface area contributed by atoms with Gasteiger partial charge in [0.1, 0.15) is 17.0 Å². The normalized spacial score (nSPS) is 11.2. The van der Waals surface area contributed by atoms with Gasteiger partial charge in [0.05, 0.1) is 18.7 Å². The molecule has 0 unspecified atom stereocenters. The van der Waals surface area contributed by atoms with Gasteiger partial charge >= 0.3 is 5.97 Å². The van der Waals surface area contributed by atoms with Gasteiger partial charge < -0.3 is 19.7 Å². The van der Waals surface area contributed by atoms with Crippen molar-refractivity contribution in [2.75, 3.05) is 7.11 Å². The van der Waals surface area contributed by atoms with Crippen molar-refractivity contribution < 1.29 is 24.0 Å². The first-order chi connectivity index (χ1) is 13.0. The Hall–Kier alpha value is -3.39. The van der Waals surface area contributed by atoms with Crippen LogP contribution in [0.5, 0.6) is 5.75 Å². The summed E-state index contributed by atoms with van der Waals surface area (Å²) < 4.78 is 10.4. The van der Waals surface area contributed by atoms with Crippen LogP contribution in [0, 0.1) is 0 Å². The van der Waals surface area contributed by atoms with E-state index in [1.54, 1.807) is 56.6 Å². The van der Waals surface area contributed by atoms with E-state index in [2.05, 4.69) is 15.5 Å². The highest BCUT2D eigenvalue weighted by Crippen LogP contribution is 2.30. The first-order valence-electron chi connectivity index (χ1n) is 8.09. The van der Waals surface area contributed by atoms with Gasteiger partial charge in [-0.15, -0.1) is 12.4 Å². The average molecular weight is 404 g/mol. The molecule has 3 rings (SSSR count). The number of hydrogen-bond acceptors (Lipinski definition) is 6. The zero-order valence-electron chi connectivity index (χ0n) is 15.1. The number of carbonyl (C=O) groups is 2. The molecule has 0 fully saturated rings. The topological polar surface area (TPSA) is 115 Å². The minimum atomic E-state index is -1.19. The number of carboxylic acids is 1. The van der Waals surface area contributed by atoms with Gasteiger partial charge in [0, 0.05) is 18.0 Å². The van der Waals surface area contributed by atoms with Crippen LogP contribution in [0.1, 0.15) is 39.4 Å². The fraction of sp³-hybridized carbons (Fsp3) is 0.158. The third-order valence-electron chi connectivity index (χ3n) is 3.96. The molecule has 0 aliphatic carbocycles.